The smallest absolute Gasteiger partial charge is 0.318 e. The van der Waals surface area contributed by atoms with Gasteiger partial charge in [-0.3, -0.25) is 4.79 Å². The van der Waals surface area contributed by atoms with Crippen LogP contribution in [-0.2, 0) is 17.6 Å². The molecule has 1 saturated heterocycles. The first-order valence-electron chi connectivity index (χ1n) is 9.95. The van der Waals surface area contributed by atoms with E-state index in [2.05, 4.69) is 20.8 Å². The van der Waals surface area contributed by atoms with Crippen molar-refractivity contribution in [3.63, 3.8) is 0 Å². The van der Waals surface area contributed by atoms with Crippen molar-refractivity contribution < 1.29 is 14.1 Å². The van der Waals surface area contributed by atoms with Crippen LogP contribution in [-0.4, -0.2) is 52.7 Å². The Morgan fingerprint density at radius 1 is 1.13 bits per heavy atom. The molecular weight excluding hydrogens is 382 g/mol. The summed E-state index contributed by atoms with van der Waals surface area (Å²) < 4.78 is 5.34. The number of carbonyl (C=O) groups is 2. The number of hydrogen-bond acceptors (Lipinski definition) is 5. The molecular formula is C22H23N5O3. The molecule has 1 atom stereocenters. The molecule has 0 aliphatic carbocycles. The molecule has 1 unspecified atom stereocenters. The maximum Gasteiger partial charge on any atom is 0.318 e. The molecule has 2 aromatic carbocycles. The van der Waals surface area contributed by atoms with Gasteiger partial charge >= 0.3 is 6.03 Å². The van der Waals surface area contributed by atoms with Gasteiger partial charge in [0.1, 0.15) is 6.04 Å². The zero-order valence-corrected chi connectivity index (χ0v) is 16.5. The molecule has 1 fully saturated rings. The Morgan fingerprint density at radius 3 is 2.63 bits per heavy atom. The number of aromatic nitrogens is 2. The van der Waals surface area contributed by atoms with Crippen LogP contribution in [0, 0.1) is 0 Å². The minimum Gasteiger partial charge on any atom is -0.353 e. The molecule has 0 radical (unpaired) electrons. The van der Waals surface area contributed by atoms with Gasteiger partial charge in [0.2, 0.25) is 17.6 Å². The first kappa shape index (κ1) is 19.6. The summed E-state index contributed by atoms with van der Waals surface area (Å²) in [6.45, 7) is 1.33. The average molecular weight is 405 g/mol. The first-order chi connectivity index (χ1) is 14.7. The van der Waals surface area contributed by atoms with Crippen molar-refractivity contribution in [2.24, 2.45) is 0 Å². The second kappa shape index (κ2) is 9.21. The van der Waals surface area contributed by atoms with Crippen LogP contribution in [0.2, 0.25) is 0 Å². The number of rotatable bonds is 6. The van der Waals surface area contributed by atoms with E-state index in [1.807, 2.05) is 60.7 Å². The van der Waals surface area contributed by atoms with Crippen molar-refractivity contribution in [3.05, 3.63) is 72.1 Å². The van der Waals surface area contributed by atoms with Crippen LogP contribution in [0.5, 0.6) is 0 Å². The average Bonchev–Trinajstić information content (AvgIpc) is 3.25. The highest BCUT2D eigenvalue weighted by Crippen LogP contribution is 2.17. The summed E-state index contributed by atoms with van der Waals surface area (Å²) in [6, 6.07) is 18.4. The number of urea groups is 1. The molecule has 1 aromatic heterocycles. The quantitative estimate of drug-likeness (QED) is 0.654. The standard InChI is InChI=1S/C22H23N5O3/c28-21-18(15-19-25-20(26-30-19)17-9-5-2-6-10-17)27(14-13-23-21)22(29)24-12-11-16-7-3-1-4-8-16/h1-10,18H,11-15H2,(H,23,28)(H,24,29). The van der Waals surface area contributed by atoms with Crippen molar-refractivity contribution >= 4 is 11.9 Å². The summed E-state index contributed by atoms with van der Waals surface area (Å²) in [6.07, 6.45) is 0.888. The number of carbonyl (C=O) groups excluding carboxylic acids is 2. The van der Waals surface area contributed by atoms with Gasteiger partial charge in [0.25, 0.3) is 0 Å². The molecule has 1 aliphatic heterocycles. The normalized spacial score (nSPS) is 16.2. The Balaban J connectivity index is 1.39. The van der Waals surface area contributed by atoms with Crippen LogP contribution in [0.15, 0.2) is 65.2 Å². The minimum atomic E-state index is -0.695. The van der Waals surface area contributed by atoms with E-state index in [-0.39, 0.29) is 18.4 Å². The predicted octanol–water partition coefficient (Wildman–Crippen LogP) is 2.03. The Kier molecular flexibility index (Phi) is 6.03. The lowest BCUT2D eigenvalue weighted by Crippen LogP contribution is -2.60. The summed E-state index contributed by atoms with van der Waals surface area (Å²) in [5, 5.41) is 9.71. The maximum absolute atomic E-state index is 12.7. The number of hydrogen-bond donors (Lipinski definition) is 2. The van der Waals surface area contributed by atoms with Gasteiger partial charge in [0.05, 0.1) is 6.42 Å². The molecule has 30 heavy (non-hydrogen) atoms. The maximum atomic E-state index is 12.7. The summed E-state index contributed by atoms with van der Waals surface area (Å²) >= 11 is 0. The Hall–Kier alpha value is -3.68. The van der Waals surface area contributed by atoms with E-state index in [4.69, 9.17) is 4.52 Å². The molecule has 3 aromatic rings. The fourth-order valence-corrected chi connectivity index (χ4v) is 3.43. The lowest BCUT2D eigenvalue weighted by Gasteiger charge is -2.34. The first-order valence-corrected chi connectivity index (χ1v) is 9.95. The third-order valence-electron chi connectivity index (χ3n) is 4.99. The molecule has 0 bridgehead atoms. The van der Waals surface area contributed by atoms with Crippen LogP contribution >= 0.6 is 0 Å². The largest absolute Gasteiger partial charge is 0.353 e. The molecule has 0 spiro atoms. The Bertz CT molecular complexity index is 990. The topological polar surface area (TPSA) is 100 Å². The second-order valence-electron chi connectivity index (χ2n) is 7.05. The van der Waals surface area contributed by atoms with E-state index in [0.29, 0.717) is 31.3 Å². The summed E-state index contributed by atoms with van der Waals surface area (Å²) in [5.74, 6) is 0.553. The third-order valence-corrected chi connectivity index (χ3v) is 4.99. The summed E-state index contributed by atoms with van der Waals surface area (Å²) in [5.41, 5.74) is 1.97. The van der Waals surface area contributed by atoms with Crippen molar-refractivity contribution in [1.82, 2.24) is 25.7 Å². The van der Waals surface area contributed by atoms with Crippen LogP contribution in [0.4, 0.5) is 4.79 Å². The van der Waals surface area contributed by atoms with Crippen molar-refractivity contribution in [3.8, 4) is 11.4 Å². The lowest BCUT2D eigenvalue weighted by molar-refractivity contribution is -0.127. The minimum absolute atomic E-state index is 0.164. The molecule has 3 amide bonds. The molecule has 0 saturated carbocycles. The summed E-state index contributed by atoms with van der Waals surface area (Å²) in [7, 11) is 0. The highest BCUT2D eigenvalue weighted by atomic mass is 16.5. The molecule has 4 rings (SSSR count). The zero-order valence-electron chi connectivity index (χ0n) is 16.5. The van der Waals surface area contributed by atoms with Crippen LogP contribution in [0.25, 0.3) is 11.4 Å². The zero-order chi connectivity index (χ0) is 20.8. The van der Waals surface area contributed by atoms with Gasteiger partial charge in [-0.2, -0.15) is 4.98 Å². The number of amides is 3. The van der Waals surface area contributed by atoms with Crippen molar-refractivity contribution in [1.29, 1.82) is 0 Å². The van der Waals surface area contributed by atoms with E-state index < -0.39 is 6.04 Å². The lowest BCUT2D eigenvalue weighted by atomic mass is 10.1. The van der Waals surface area contributed by atoms with Gasteiger partial charge in [-0.1, -0.05) is 65.8 Å². The SMILES string of the molecule is O=C1NCCN(C(=O)NCCc2ccccc2)C1Cc1nc(-c2ccccc2)no1. The fraction of sp³-hybridized carbons (Fsp3) is 0.273. The van der Waals surface area contributed by atoms with Crippen LogP contribution in [0.3, 0.4) is 0 Å². The van der Waals surface area contributed by atoms with Gasteiger partial charge in [0, 0.05) is 25.2 Å². The van der Waals surface area contributed by atoms with Crippen LogP contribution < -0.4 is 10.6 Å². The molecule has 1 aliphatic rings. The predicted molar refractivity (Wildman–Crippen MR) is 110 cm³/mol. The second-order valence-corrected chi connectivity index (χ2v) is 7.05. The Labute approximate surface area is 174 Å². The van der Waals surface area contributed by atoms with E-state index in [1.54, 1.807) is 0 Å². The summed E-state index contributed by atoms with van der Waals surface area (Å²) in [4.78, 5) is 31.1. The molecule has 2 N–H and O–H groups in total. The molecule has 8 heteroatoms. The third kappa shape index (κ3) is 4.65. The van der Waals surface area contributed by atoms with E-state index in [1.165, 1.54) is 4.90 Å². The number of nitrogens with one attached hydrogen (secondary N) is 2. The van der Waals surface area contributed by atoms with Gasteiger partial charge in [-0.25, -0.2) is 4.79 Å². The number of piperazine rings is 1. The molecule has 8 nitrogen and oxygen atoms in total. The van der Waals surface area contributed by atoms with Gasteiger partial charge in [0.15, 0.2) is 0 Å². The van der Waals surface area contributed by atoms with E-state index in [9.17, 15) is 9.59 Å². The van der Waals surface area contributed by atoms with Crippen molar-refractivity contribution in [2.45, 2.75) is 18.9 Å². The number of benzene rings is 2. The van der Waals surface area contributed by atoms with E-state index in [0.717, 1.165) is 17.5 Å². The number of nitrogens with zero attached hydrogens (tertiary/aromatic N) is 3. The van der Waals surface area contributed by atoms with E-state index >= 15 is 0 Å². The highest BCUT2D eigenvalue weighted by molar-refractivity contribution is 5.88. The van der Waals surface area contributed by atoms with Crippen LogP contribution in [0.1, 0.15) is 11.5 Å². The van der Waals surface area contributed by atoms with Crippen molar-refractivity contribution in [2.75, 3.05) is 19.6 Å². The van der Waals surface area contributed by atoms with Gasteiger partial charge in [-0.05, 0) is 12.0 Å². The highest BCUT2D eigenvalue weighted by Gasteiger charge is 2.34. The molecule has 2 heterocycles. The van der Waals surface area contributed by atoms with Gasteiger partial charge < -0.3 is 20.1 Å². The Morgan fingerprint density at radius 2 is 1.87 bits per heavy atom. The monoisotopic (exact) mass is 405 g/mol. The molecule has 154 valence electrons. The van der Waals surface area contributed by atoms with Gasteiger partial charge in [-0.15, -0.1) is 0 Å². The fourth-order valence-electron chi connectivity index (χ4n) is 3.43.